The fraction of sp³-hybridized carbons (Fsp3) is 0.333. The highest BCUT2D eigenvalue weighted by atomic mass is 35.5. The Kier molecular flexibility index (Phi) is 5.12. The smallest absolute Gasteiger partial charge is 0.269 e. The highest BCUT2D eigenvalue weighted by Gasteiger charge is 2.08. The molecule has 0 aliphatic heterocycles. The molecular formula is C9H13ClO3S. The fourth-order valence-corrected chi connectivity index (χ4v) is 1.91. The molecule has 0 fully saturated rings. The van der Waals surface area contributed by atoms with E-state index in [1.807, 2.05) is 19.1 Å². The molecule has 0 saturated heterocycles. The lowest BCUT2D eigenvalue weighted by atomic mass is 10.1. The van der Waals surface area contributed by atoms with Gasteiger partial charge in [-0.3, -0.25) is 4.55 Å². The van der Waals surface area contributed by atoms with Gasteiger partial charge in [0.1, 0.15) is 5.75 Å². The summed E-state index contributed by atoms with van der Waals surface area (Å²) >= 11 is 0. The highest BCUT2D eigenvalue weighted by molar-refractivity contribution is 7.85. The molecule has 14 heavy (non-hydrogen) atoms. The van der Waals surface area contributed by atoms with Crippen LogP contribution in [0.25, 0.3) is 0 Å². The van der Waals surface area contributed by atoms with E-state index in [0.717, 1.165) is 12.0 Å². The lowest BCUT2D eigenvalue weighted by molar-refractivity contribution is 0.482. The van der Waals surface area contributed by atoms with E-state index in [1.54, 1.807) is 12.1 Å². The van der Waals surface area contributed by atoms with Gasteiger partial charge >= 0.3 is 0 Å². The summed E-state index contributed by atoms with van der Waals surface area (Å²) in [6.07, 6.45) is 0.770. The van der Waals surface area contributed by atoms with Gasteiger partial charge in [-0.25, -0.2) is 0 Å². The Morgan fingerprint density at radius 3 is 2.14 bits per heavy atom. The predicted octanol–water partition coefficient (Wildman–Crippen LogP) is 2.06. The molecule has 0 radical (unpaired) electrons. The van der Waals surface area contributed by atoms with E-state index in [-0.39, 0.29) is 18.2 Å². The van der Waals surface area contributed by atoms with Crippen LogP contribution in [0, 0.1) is 0 Å². The molecule has 0 atom stereocenters. The van der Waals surface area contributed by atoms with Crippen LogP contribution in [0.15, 0.2) is 24.3 Å². The lowest BCUT2D eigenvalue weighted by Crippen LogP contribution is -2.03. The Hall–Kier alpha value is -0.580. The molecule has 80 valence electrons. The first-order valence-electron chi connectivity index (χ1n) is 4.05. The summed E-state index contributed by atoms with van der Waals surface area (Å²) in [4.78, 5) is 0. The Labute approximate surface area is 90.3 Å². The Balaban J connectivity index is 0.00000169. The SMILES string of the molecule is CCc1ccccc1CS(=O)(=O)O.Cl. The van der Waals surface area contributed by atoms with Gasteiger partial charge in [0.2, 0.25) is 0 Å². The first-order valence-corrected chi connectivity index (χ1v) is 5.66. The molecular weight excluding hydrogens is 224 g/mol. The lowest BCUT2D eigenvalue weighted by Gasteiger charge is -2.04. The summed E-state index contributed by atoms with van der Waals surface area (Å²) in [6.45, 7) is 1.95. The number of benzene rings is 1. The molecule has 0 bridgehead atoms. The third-order valence-electron chi connectivity index (χ3n) is 1.84. The van der Waals surface area contributed by atoms with Gasteiger partial charge in [0, 0.05) is 0 Å². The van der Waals surface area contributed by atoms with Crippen molar-refractivity contribution in [3.8, 4) is 0 Å². The van der Waals surface area contributed by atoms with Gasteiger partial charge in [-0.1, -0.05) is 31.2 Å². The number of hydrogen-bond donors (Lipinski definition) is 1. The van der Waals surface area contributed by atoms with Crippen LogP contribution >= 0.6 is 12.4 Å². The second-order valence-corrected chi connectivity index (χ2v) is 4.30. The predicted molar refractivity (Wildman–Crippen MR) is 58.3 cm³/mol. The zero-order chi connectivity index (χ0) is 9.90. The standard InChI is InChI=1S/C9H12O3S.ClH/c1-2-8-5-3-4-6-9(8)7-13(10,11)12;/h3-6H,2,7H2,1H3,(H,10,11,12);1H. The van der Waals surface area contributed by atoms with Crippen LogP contribution in [0.1, 0.15) is 18.1 Å². The van der Waals surface area contributed by atoms with Crippen molar-refractivity contribution < 1.29 is 13.0 Å². The Bertz CT molecular complexity index is 387. The average Bonchev–Trinajstić information content (AvgIpc) is 2.02. The van der Waals surface area contributed by atoms with E-state index in [9.17, 15) is 8.42 Å². The molecule has 0 spiro atoms. The summed E-state index contributed by atoms with van der Waals surface area (Å²) in [7, 11) is -3.91. The maximum absolute atomic E-state index is 10.6. The van der Waals surface area contributed by atoms with E-state index in [1.165, 1.54) is 0 Å². The van der Waals surface area contributed by atoms with Gasteiger partial charge in [0.05, 0.1) is 0 Å². The van der Waals surface area contributed by atoms with Crippen LogP contribution in [0.5, 0.6) is 0 Å². The first-order chi connectivity index (χ1) is 6.03. The van der Waals surface area contributed by atoms with Crippen molar-refractivity contribution in [1.29, 1.82) is 0 Å². The van der Waals surface area contributed by atoms with Crippen LogP contribution in [-0.2, 0) is 22.3 Å². The van der Waals surface area contributed by atoms with E-state index in [2.05, 4.69) is 0 Å². The van der Waals surface area contributed by atoms with E-state index in [0.29, 0.717) is 5.56 Å². The van der Waals surface area contributed by atoms with Crippen molar-refractivity contribution in [3.05, 3.63) is 35.4 Å². The minimum atomic E-state index is -3.91. The van der Waals surface area contributed by atoms with Crippen LogP contribution in [0.3, 0.4) is 0 Å². The quantitative estimate of drug-likeness (QED) is 0.818. The maximum atomic E-state index is 10.6. The van der Waals surface area contributed by atoms with E-state index in [4.69, 9.17) is 4.55 Å². The second-order valence-electron chi connectivity index (χ2n) is 2.85. The summed E-state index contributed by atoms with van der Waals surface area (Å²) < 4.78 is 29.9. The molecule has 3 nitrogen and oxygen atoms in total. The van der Waals surface area contributed by atoms with Gasteiger partial charge < -0.3 is 0 Å². The average molecular weight is 237 g/mol. The molecule has 0 aromatic heterocycles. The highest BCUT2D eigenvalue weighted by Crippen LogP contribution is 2.12. The van der Waals surface area contributed by atoms with Crippen molar-refractivity contribution in [1.82, 2.24) is 0 Å². The van der Waals surface area contributed by atoms with E-state index >= 15 is 0 Å². The monoisotopic (exact) mass is 236 g/mol. The minimum Gasteiger partial charge on any atom is -0.285 e. The molecule has 0 heterocycles. The summed E-state index contributed by atoms with van der Waals surface area (Å²) in [5.41, 5.74) is 1.63. The Morgan fingerprint density at radius 2 is 1.71 bits per heavy atom. The van der Waals surface area contributed by atoms with Gasteiger partial charge in [0.25, 0.3) is 10.1 Å². The largest absolute Gasteiger partial charge is 0.285 e. The number of rotatable bonds is 3. The molecule has 1 rings (SSSR count). The Morgan fingerprint density at radius 1 is 1.21 bits per heavy atom. The topological polar surface area (TPSA) is 54.4 Å². The fourth-order valence-electron chi connectivity index (χ4n) is 1.24. The van der Waals surface area contributed by atoms with Gasteiger partial charge in [-0.05, 0) is 17.5 Å². The van der Waals surface area contributed by atoms with Crippen molar-refractivity contribution in [2.45, 2.75) is 19.1 Å². The minimum absolute atomic E-state index is 0. The van der Waals surface area contributed by atoms with Crippen LogP contribution in [0.4, 0.5) is 0 Å². The zero-order valence-corrected chi connectivity index (χ0v) is 9.44. The number of hydrogen-bond acceptors (Lipinski definition) is 2. The molecule has 0 aliphatic rings. The molecule has 1 aromatic carbocycles. The first kappa shape index (κ1) is 13.4. The van der Waals surface area contributed by atoms with Crippen molar-refractivity contribution in [2.24, 2.45) is 0 Å². The van der Waals surface area contributed by atoms with Crippen LogP contribution in [-0.4, -0.2) is 13.0 Å². The van der Waals surface area contributed by atoms with Gasteiger partial charge in [-0.15, -0.1) is 12.4 Å². The molecule has 0 unspecified atom stereocenters. The summed E-state index contributed by atoms with van der Waals surface area (Å²) in [5, 5.41) is 0. The van der Waals surface area contributed by atoms with Gasteiger partial charge in [0.15, 0.2) is 0 Å². The number of halogens is 1. The third kappa shape index (κ3) is 4.09. The van der Waals surface area contributed by atoms with Crippen molar-refractivity contribution >= 4 is 22.5 Å². The van der Waals surface area contributed by atoms with Crippen molar-refractivity contribution in [2.75, 3.05) is 0 Å². The third-order valence-corrected chi connectivity index (χ3v) is 2.51. The maximum Gasteiger partial charge on any atom is 0.269 e. The van der Waals surface area contributed by atoms with Crippen LogP contribution in [0.2, 0.25) is 0 Å². The van der Waals surface area contributed by atoms with Crippen LogP contribution < -0.4 is 0 Å². The molecule has 0 aliphatic carbocycles. The molecule has 5 heteroatoms. The molecule has 0 amide bonds. The molecule has 0 saturated carbocycles. The summed E-state index contributed by atoms with van der Waals surface area (Å²) in [6, 6.07) is 7.19. The second kappa shape index (κ2) is 5.34. The van der Waals surface area contributed by atoms with Crippen molar-refractivity contribution in [3.63, 3.8) is 0 Å². The number of aryl methyl sites for hydroxylation is 1. The molecule has 1 aromatic rings. The van der Waals surface area contributed by atoms with E-state index < -0.39 is 10.1 Å². The summed E-state index contributed by atoms with van der Waals surface area (Å²) in [5.74, 6) is -0.295. The molecule has 1 N–H and O–H groups in total. The normalized spacial score (nSPS) is 10.7. The zero-order valence-electron chi connectivity index (χ0n) is 7.80. The van der Waals surface area contributed by atoms with Gasteiger partial charge in [-0.2, -0.15) is 8.42 Å².